The first-order valence-corrected chi connectivity index (χ1v) is 6.27. The second kappa shape index (κ2) is 5.23. The first-order chi connectivity index (χ1) is 8.61. The standard InChI is InChI=1S/C14H13BrN2O/c1-17(12-9-5-8-11(15)13(12)16)14(18)10-6-3-2-4-7-10/h2-9H,16H2,1H3. The van der Waals surface area contributed by atoms with Gasteiger partial charge >= 0.3 is 0 Å². The van der Waals surface area contributed by atoms with Crippen LogP contribution in [-0.2, 0) is 0 Å². The van der Waals surface area contributed by atoms with E-state index in [1.807, 2.05) is 36.4 Å². The number of halogens is 1. The first kappa shape index (κ1) is 12.6. The van der Waals surface area contributed by atoms with Gasteiger partial charge in [-0.15, -0.1) is 0 Å². The molecule has 0 saturated heterocycles. The molecule has 0 spiro atoms. The monoisotopic (exact) mass is 304 g/mol. The second-order valence-electron chi connectivity index (χ2n) is 3.90. The number of benzene rings is 2. The fraction of sp³-hybridized carbons (Fsp3) is 0.0714. The molecular formula is C14H13BrN2O. The Morgan fingerprint density at radius 2 is 1.78 bits per heavy atom. The predicted molar refractivity (Wildman–Crippen MR) is 77.7 cm³/mol. The fourth-order valence-corrected chi connectivity index (χ4v) is 2.06. The summed E-state index contributed by atoms with van der Waals surface area (Å²) < 4.78 is 0.785. The zero-order valence-corrected chi connectivity index (χ0v) is 11.5. The number of para-hydroxylation sites is 1. The van der Waals surface area contributed by atoms with E-state index < -0.39 is 0 Å². The van der Waals surface area contributed by atoms with Crippen LogP contribution in [0.1, 0.15) is 10.4 Å². The van der Waals surface area contributed by atoms with E-state index in [1.165, 1.54) is 0 Å². The van der Waals surface area contributed by atoms with Crippen molar-refractivity contribution in [2.24, 2.45) is 0 Å². The van der Waals surface area contributed by atoms with Crippen LogP contribution in [0.2, 0.25) is 0 Å². The van der Waals surface area contributed by atoms with E-state index in [0.29, 0.717) is 16.9 Å². The average Bonchev–Trinajstić information content (AvgIpc) is 2.41. The van der Waals surface area contributed by atoms with E-state index in [1.54, 1.807) is 24.1 Å². The Labute approximate surface area is 114 Å². The minimum atomic E-state index is -0.0830. The molecule has 0 heterocycles. The van der Waals surface area contributed by atoms with Gasteiger partial charge in [0.25, 0.3) is 5.91 Å². The van der Waals surface area contributed by atoms with Crippen molar-refractivity contribution in [2.45, 2.75) is 0 Å². The molecule has 0 unspecified atom stereocenters. The number of nitrogen functional groups attached to an aromatic ring is 1. The number of hydrogen-bond donors (Lipinski definition) is 1. The highest BCUT2D eigenvalue weighted by atomic mass is 79.9. The third-order valence-corrected chi connectivity index (χ3v) is 3.41. The average molecular weight is 305 g/mol. The van der Waals surface area contributed by atoms with Crippen LogP contribution in [-0.4, -0.2) is 13.0 Å². The van der Waals surface area contributed by atoms with E-state index in [2.05, 4.69) is 15.9 Å². The van der Waals surface area contributed by atoms with E-state index in [-0.39, 0.29) is 5.91 Å². The molecule has 2 N–H and O–H groups in total. The van der Waals surface area contributed by atoms with Crippen molar-refractivity contribution in [1.29, 1.82) is 0 Å². The number of carbonyl (C=O) groups is 1. The zero-order chi connectivity index (χ0) is 13.1. The topological polar surface area (TPSA) is 46.3 Å². The lowest BCUT2D eigenvalue weighted by Crippen LogP contribution is -2.27. The maximum Gasteiger partial charge on any atom is 0.258 e. The lowest BCUT2D eigenvalue weighted by atomic mass is 10.2. The van der Waals surface area contributed by atoms with Crippen molar-refractivity contribution < 1.29 is 4.79 Å². The quantitative estimate of drug-likeness (QED) is 0.865. The molecule has 92 valence electrons. The van der Waals surface area contributed by atoms with Gasteiger partial charge in [-0.2, -0.15) is 0 Å². The van der Waals surface area contributed by atoms with Crippen LogP contribution in [0.25, 0.3) is 0 Å². The van der Waals surface area contributed by atoms with Gasteiger partial charge in [0, 0.05) is 17.1 Å². The van der Waals surface area contributed by atoms with Gasteiger partial charge in [0.05, 0.1) is 11.4 Å². The highest BCUT2D eigenvalue weighted by molar-refractivity contribution is 9.10. The summed E-state index contributed by atoms with van der Waals surface area (Å²) in [6, 6.07) is 14.6. The number of carbonyl (C=O) groups excluding carboxylic acids is 1. The van der Waals surface area contributed by atoms with Gasteiger partial charge in [0.1, 0.15) is 0 Å². The van der Waals surface area contributed by atoms with E-state index in [4.69, 9.17) is 5.73 Å². The number of hydrogen-bond acceptors (Lipinski definition) is 2. The van der Waals surface area contributed by atoms with Gasteiger partial charge in [-0.3, -0.25) is 4.79 Å². The summed E-state index contributed by atoms with van der Waals surface area (Å²) in [4.78, 5) is 13.8. The number of amides is 1. The molecule has 3 nitrogen and oxygen atoms in total. The molecule has 0 radical (unpaired) electrons. The maximum absolute atomic E-state index is 12.3. The largest absolute Gasteiger partial charge is 0.396 e. The third-order valence-electron chi connectivity index (χ3n) is 2.72. The van der Waals surface area contributed by atoms with Crippen molar-refractivity contribution in [2.75, 3.05) is 17.7 Å². The molecule has 2 aromatic carbocycles. The SMILES string of the molecule is CN(C(=O)c1ccccc1)c1cccc(Br)c1N. The minimum Gasteiger partial charge on any atom is -0.396 e. The van der Waals surface area contributed by atoms with Crippen LogP contribution in [0.4, 0.5) is 11.4 Å². The molecule has 2 rings (SSSR count). The fourth-order valence-electron chi connectivity index (χ4n) is 1.70. The number of nitrogens with zero attached hydrogens (tertiary/aromatic N) is 1. The molecule has 2 aromatic rings. The highest BCUT2D eigenvalue weighted by Crippen LogP contribution is 2.30. The predicted octanol–water partition coefficient (Wildman–Crippen LogP) is 3.31. The Hall–Kier alpha value is -1.81. The second-order valence-corrected chi connectivity index (χ2v) is 4.76. The zero-order valence-electron chi connectivity index (χ0n) is 9.93. The molecule has 18 heavy (non-hydrogen) atoms. The van der Waals surface area contributed by atoms with Crippen LogP contribution in [0.15, 0.2) is 53.0 Å². The lowest BCUT2D eigenvalue weighted by Gasteiger charge is -2.19. The summed E-state index contributed by atoms with van der Waals surface area (Å²) in [5.41, 5.74) is 7.85. The lowest BCUT2D eigenvalue weighted by molar-refractivity contribution is 0.0993. The van der Waals surface area contributed by atoms with Crippen molar-refractivity contribution in [3.05, 3.63) is 58.6 Å². The Morgan fingerprint density at radius 1 is 1.11 bits per heavy atom. The summed E-state index contributed by atoms with van der Waals surface area (Å²) >= 11 is 3.36. The van der Waals surface area contributed by atoms with Crippen molar-refractivity contribution in [3.63, 3.8) is 0 Å². The van der Waals surface area contributed by atoms with Gasteiger partial charge in [-0.25, -0.2) is 0 Å². The molecule has 0 atom stereocenters. The number of anilines is 2. The molecule has 0 aliphatic rings. The summed E-state index contributed by atoms with van der Waals surface area (Å²) in [7, 11) is 1.72. The van der Waals surface area contributed by atoms with Crippen LogP contribution in [0, 0.1) is 0 Å². The van der Waals surface area contributed by atoms with Gasteiger partial charge in [0.2, 0.25) is 0 Å². The number of nitrogens with two attached hydrogens (primary N) is 1. The summed E-state index contributed by atoms with van der Waals surface area (Å²) in [5, 5.41) is 0. The van der Waals surface area contributed by atoms with Gasteiger partial charge in [-0.1, -0.05) is 24.3 Å². The first-order valence-electron chi connectivity index (χ1n) is 5.48. The van der Waals surface area contributed by atoms with Crippen LogP contribution < -0.4 is 10.6 Å². The normalized spacial score (nSPS) is 10.1. The highest BCUT2D eigenvalue weighted by Gasteiger charge is 2.15. The summed E-state index contributed by atoms with van der Waals surface area (Å²) in [6.45, 7) is 0. The molecular weight excluding hydrogens is 292 g/mol. The Morgan fingerprint density at radius 3 is 2.44 bits per heavy atom. The van der Waals surface area contributed by atoms with Crippen LogP contribution in [0.5, 0.6) is 0 Å². The van der Waals surface area contributed by atoms with Gasteiger partial charge in [0.15, 0.2) is 0 Å². The van der Waals surface area contributed by atoms with Crippen molar-refractivity contribution in [1.82, 2.24) is 0 Å². The smallest absolute Gasteiger partial charge is 0.258 e. The van der Waals surface area contributed by atoms with E-state index in [0.717, 1.165) is 4.47 Å². The van der Waals surface area contributed by atoms with E-state index in [9.17, 15) is 4.79 Å². The maximum atomic E-state index is 12.3. The third kappa shape index (κ3) is 2.38. The van der Waals surface area contributed by atoms with Gasteiger partial charge in [-0.05, 0) is 40.2 Å². The van der Waals surface area contributed by atoms with Gasteiger partial charge < -0.3 is 10.6 Å². The molecule has 0 saturated carbocycles. The molecule has 0 bridgehead atoms. The van der Waals surface area contributed by atoms with Crippen LogP contribution in [0.3, 0.4) is 0 Å². The molecule has 4 heteroatoms. The Bertz CT molecular complexity index is 569. The summed E-state index contributed by atoms with van der Waals surface area (Å²) in [5.74, 6) is -0.0830. The minimum absolute atomic E-state index is 0.0830. The molecule has 0 fully saturated rings. The van der Waals surface area contributed by atoms with Crippen LogP contribution >= 0.6 is 15.9 Å². The molecule has 0 aliphatic carbocycles. The molecule has 0 aromatic heterocycles. The Balaban J connectivity index is 2.35. The van der Waals surface area contributed by atoms with E-state index >= 15 is 0 Å². The summed E-state index contributed by atoms with van der Waals surface area (Å²) in [6.07, 6.45) is 0. The van der Waals surface area contributed by atoms with Crippen molar-refractivity contribution in [3.8, 4) is 0 Å². The van der Waals surface area contributed by atoms with Crippen molar-refractivity contribution >= 4 is 33.2 Å². The Kier molecular flexibility index (Phi) is 3.67. The molecule has 0 aliphatic heterocycles. The molecule has 1 amide bonds. The number of rotatable bonds is 2.